The summed E-state index contributed by atoms with van der Waals surface area (Å²) in [7, 11) is 2.30. The predicted octanol–water partition coefficient (Wildman–Crippen LogP) is 1.72. The second kappa shape index (κ2) is 2.73. The zero-order valence-electron chi connectivity index (χ0n) is 10.3. The lowest BCUT2D eigenvalue weighted by atomic mass is 9.70. The summed E-state index contributed by atoms with van der Waals surface area (Å²) >= 11 is 0. The van der Waals surface area contributed by atoms with E-state index in [2.05, 4.69) is 45.0 Å². The van der Waals surface area contributed by atoms with Gasteiger partial charge in [0.15, 0.2) is 0 Å². The maximum atomic E-state index is 3.57. The molecule has 0 saturated carbocycles. The van der Waals surface area contributed by atoms with Gasteiger partial charge in [-0.2, -0.15) is 0 Å². The van der Waals surface area contributed by atoms with Gasteiger partial charge in [0.05, 0.1) is 0 Å². The third-order valence-electron chi connectivity index (χ3n) is 4.41. The second-order valence-electron chi connectivity index (χ2n) is 6.72. The van der Waals surface area contributed by atoms with E-state index in [4.69, 9.17) is 0 Å². The summed E-state index contributed by atoms with van der Waals surface area (Å²) in [5.41, 5.74) is 1.30. The molecule has 0 amide bonds. The highest BCUT2D eigenvalue weighted by molar-refractivity contribution is 5.14. The molecule has 2 saturated heterocycles. The van der Waals surface area contributed by atoms with Gasteiger partial charge >= 0.3 is 0 Å². The molecular formula is C12H24N2. The lowest BCUT2D eigenvalue weighted by Crippen LogP contribution is -2.52. The van der Waals surface area contributed by atoms with Gasteiger partial charge in [0.2, 0.25) is 0 Å². The first-order valence-electron chi connectivity index (χ1n) is 5.71. The van der Waals surface area contributed by atoms with Crippen LogP contribution in [0.25, 0.3) is 0 Å². The summed E-state index contributed by atoms with van der Waals surface area (Å²) in [6, 6.07) is 0. The Hall–Kier alpha value is -0.0800. The molecule has 1 atom stereocenters. The number of rotatable bonds is 0. The highest BCUT2D eigenvalue weighted by Crippen LogP contribution is 2.51. The fourth-order valence-electron chi connectivity index (χ4n) is 3.71. The zero-order valence-corrected chi connectivity index (χ0v) is 10.3. The third kappa shape index (κ3) is 1.24. The molecule has 2 aliphatic rings. The molecule has 0 aromatic heterocycles. The zero-order chi connectivity index (χ0) is 10.6. The normalized spacial score (nSPS) is 40.9. The molecule has 0 aromatic rings. The Bertz CT molecular complexity index is 245. The van der Waals surface area contributed by atoms with Gasteiger partial charge in [0, 0.05) is 25.2 Å². The number of likely N-dealkylation sites (tertiary alicyclic amines) is 1. The summed E-state index contributed by atoms with van der Waals surface area (Å²) < 4.78 is 0. The molecule has 2 heterocycles. The van der Waals surface area contributed by atoms with Gasteiger partial charge in [-0.05, 0) is 24.3 Å². The highest BCUT2D eigenvalue weighted by Gasteiger charge is 2.57. The van der Waals surface area contributed by atoms with Gasteiger partial charge < -0.3 is 5.32 Å². The van der Waals surface area contributed by atoms with E-state index < -0.39 is 0 Å². The molecule has 1 spiro atoms. The number of nitrogens with zero attached hydrogens (tertiary/aromatic N) is 1. The molecule has 2 heteroatoms. The monoisotopic (exact) mass is 196 g/mol. The van der Waals surface area contributed by atoms with E-state index in [1.807, 2.05) is 0 Å². The van der Waals surface area contributed by atoms with Crippen LogP contribution in [0.4, 0.5) is 0 Å². The van der Waals surface area contributed by atoms with Crippen molar-refractivity contribution in [2.24, 2.45) is 10.8 Å². The topological polar surface area (TPSA) is 15.3 Å². The highest BCUT2D eigenvalue weighted by atomic mass is 15.3. The van der Waals surface area contributed by atoms with Crippen LogP contribution >= 0.6 is 0 Å². The summed E-state index contributed by atoms with van der Waals surface area (Å²) in [6.07, 6.45) is 1.33. The lowest BCUT2D eigenvalue weighted by molar-refractivity contribution is 0.0821. The summed E-state index contributed by atoms with van der Waals surface area (Å²) in [5.74, 6) is 0. The third-order valence-corrected chi connectivity index (χ3v) is 4.41. The Morgan fingerprint density at radius 3 is 2.07 bits per heavy atom. The van der Waals surface area contributed by atoms with Crippen molar-refractivity contribution >= 4 is 0 Å². The van der Waals surface area contributed by atoms with Crippen LogP contribution in [0.15, 0.2) is 0 Å². The van der Waals surface area contributed by atoms with Crippen molar-refractivity contribution in [2.45, 2.75) is 39.7 Å². The summed E-state index contributed by atoms with van der Waals surface area (Å²) in [4.78, 5) is 2.59. The molecule has 2 fully saturated rings. The Kier molecular flexibility index (Phi) is 2.04. The van der Waals surface area contributed by atoms with E-state index in [9.17, 15) is 0 Å². The molecule has 0 bridgehead atoms. The Morgan fingerprint density at radius 2 is 1.71 bits per heavy atom. The number of hydrogen-bond donors (Lipinski definition) is 1. The number of nitrogens with one attached hydrogen (secondary N) is 1. The minimum absolute atomic E-state index is 0.399. The largest absolute Gasteiger partial charge is 0.314 e. The van der Waals surface area contributed by atoms with Crippen LogP contribution in [0.3, 0.4) is 0 Å². The first-order chi connectivity index (χ1) is 6.29. The van der Waals surface area contributed by atoms with Gasteiger partial charge in [-0.3, -0.25) is 4.90 Å². The van der Waals surface area contributed by atoms with Crippen LogP contribution in [0, 0.1) is 10.8 Å². The fraction of sp³-hybridized carbons (Fsp3) is 1.00. The number of likely N-dealkylation sites (N-methyl/N-ethyl adjacent to an activating group) is 1. The Balaban J connectivity index is 2.33. The van der Waals surface area contributed by atoms with Crippen LogP contribution in [0.2, 0.25) is 0 Å². The van der Waals surface area contributed by atoms with E-state index in [1.165, 1.54) is 19.5 Å². The Morgan fingerprint density at radius 1 is 1.07 bits per heavy atom. The average molecular weight is 196 g/mol. The summed E-state index contributed by atoms with van der Waals surface area (Å²) in [6.45, 7) is 13.2. The number of hydrogen-bond acceptors (Lipinski definition) is 2. The SMILES string of the molecule is CN1CC(C)(C)CC12CNCC2(C)C. The van der Waals surface area contributed by atoms with Gasteiger partial charge in [-0.25, -0.2) is 0 Å². The predicted molar refractivity (Wildman–Crippen MR) is 60.4 cm³/mol. The average Bonchev–Trinajstić information content (AvgIpc) is 2.36. The molecule has 82 valence electrons. The van der Waals surface area contributed by atoms with E-state index in [0.717, 1.165) is 6.54 Å². The van der Waals surface area contributed by atoms with E-state index in [0.29, 0.717) is 16.4 Å². The van der Waals surface area contributed by atoms with Crippen molar-refractivity contribution < 1.29 is 0 Å². The molecule has 0 aliphatic carbocycles. The molecule has 1 unspecified atom stereocenters. The maximum Gasteiger partial charge on any atom is 0.0399 e. The molecule has 0 aromatic carbocycles. The smallest absolute Gasteiger partial charge is 0.0399 e. The van der Waals surface area contributed by atoms with Crippen molar-refractivity contribution in [1.82, 2.24) is 10.2 Å². The van der Waals surface area contributed by atoms with Gasteiger partial charge in [0.25, 0.3) is 0 Å². The molecule has 14 heavy (non-hydrogen) atoms. The van der Waals surface area contributed by atoms with Crippen LogP contribution in [0.5, 0.6) is 0 Å². The molecule has 1 N–H and O–H groups in total. The lowest BCUT2D eigenvalue weighted by Gasteiger charge is -2.43. The molecule has 0 radical (unpaired) electrons. The maximum absolute atomic E-state index is 3.57. The molecule has 2 rings (SSSR count). The van der Waals surface area contributed by atoms with E-state index in [-0.39, 0.29) is 0 Å². The molecular weight excluding hydrogens is 172 g/mol. The van der Waals surface area contributed by atoms with Crippen LogP contribution < -0.4 is 5.32 Å². The first kappa shape index (κ1) is 10.4. The Labute approximate surface area is 88.1 Å². The van der Waals surface area contributed by atoms with Gasteiger partial charge in [0.1, 0.15) is 0 Å². The summed E-state index contributed by atoms with van der Waals surface area (Å²) in [5, 5.41) is 3.57. The minimum atomic E-state index is 0.399. The van der Waals surface area contributed by atoms with Crippen LogP contribution in [-0.2, 0) is 0 Å². The second-order valence-corrected chi connectivity index (χ2v) is 6.72. The van der Waals surface area contributed by atoms with Crippen molar-refractivity contribution in [1.29, 1.82) is 0 Å². The van der Waals surface area contributed by atoms with Crippen molar-refractivity contribution in [3.63, 3.8) is 0 Å². The molecule has 2 nitrogen and oxygen atoms in total. The van der Waals surface area contributed by atoms with Crippen molar-refractivity contribution in [2.75, 3.05) is 26.7 Å². The molecule has 2 aliphatic heterocycles. The van der Waals surface area contributed by atoms with E-state index in [1.54, 1.807) is 0 Å². The van der Waals surface area contributed by atoms with E-state index >= 15 is 0 Å². The fourth-order valence-corrected chi connectivity index (χ4v) is 3.71. The van der Waals surface area contributed by atoms with Crippen LogP contribution in [0.1, 0.15) is 34.1 Å². The first-order valence-corrected chi connectivity index (χ1v) is 5.71. The van der Waals surface area contributed by atoms with Crippen molar-refractivity contribution in [3.05, 3.63) is 0 Å². The standard InChI is InChI=1S/C12H24N2/c1-10(2)6-12(14(5)9-10)8-13-7-11(12,3)4/h13H,6-9H2,1-5H3. The van der Waals surface area contributed by atoms with Crippen molar-refractivity contribution in [3.8, 4) is 0 Å². The minimum Gasteiger partial charge on any atom is -0.314 e. The van der Waals surface area contributed by atoms with Gasteiger partial charge in [-0.1, -0.05) is 27.7 Å². The quantitative estimate of drug-likeness (QED) is 0.634. The van der Waals surface area contributed by atoms with Crippen LogP contribution in [-0.4, -0.2) is 37.1 Å². The van der Waals surface area contributed by atoms with Gasteiger partial charge in [-0.15, -0.1) is 0 Å².